The van der Waals surface area contributed by atoms with Gasteiger partial charge in [-0.05, 0) is 24.5 Å². The number of carbonyl (C=O) groups is 2. The number of nitrogens with zero attached hydrogens (tertiary/aromatic N) is 2. The van der Waals surface area contributed by atoms with E-state index in [1.165, 1.54) is 0 Å². The van der Waals surface area contributed by atoms with Crippen molar-refractivity contribution in [3.63, 3.8) is 0 Å². The van der Waals surface area contributed by atoms with Gasteiger partial charge >= 0.3 is 0 Å². The van der Waals surface area contributed by atoms with E-state index in [-0.39, 0.29) is 17.0 Å². The Bertz CT molecular complexity index is 764. The molecule has 0 atom stereocenters. The zero-order valence-corrected chi connectivity index (χ0v) is 14.4. The van der Waals surface area contributed by atoms with Crippen LogP contribution in [-0.2, 0) is 16.0 Å². The van der Waals surface area contributed by atoms with Crippen molar-refractivity contribution >= 4 is 28.3 Å². The monoisotopic (exact) mass is 325 g/mol. The topological polar surface area (TPSA) is 75.2 Å². The van der Waals surface area contributed by atoms with E-state index in [4.69, 9.17) is 0 Å². The second kappa shape index (κ2) is 6.30. The highest BCUT2D eigenvalue weighted by Gasteiger charge is 2.40. The van der Waals surface area contributed by atoms with Crippen molar-refractivity contribution in [3.05, 3.63) is 30.1 Å². The van der Waals surface area contributed by atoms with E-state index in [0.29, 0.717) is 31.5 Å². The first-order valence-electron chi connectivity index (χ1n) is 8.36. The summed E-state index contributed by atoms with van der Waals surface area (Å²) in [5, 5.41) is 0. The summed E-state index contributed by atoms with van der Waals surface area (Å²) in [5.74, 6) is 0.228. The van der Waals surface area contributed by atoms with Gasteiger partial charge in [-0.1, -0.05) is 26.0 Å². The summed E-state index contributed by atoms with van der Waals surface area (Å²) in [6, 6.07) is 7.87. The standard InChI is InChI=1S/C19H23N3O2/c1-12(18-15(23)10-19(2,3)11-16(18)24)20-9-8-17-21-13-6-4-5-7-14(13)22-17/h4-7,18H,8-11H2,1-3H3,(H,21,22). The average Bonchev–Trinajstić information content (AvgIpc) is 2.87. The summed E-state index contributed by atoms with van der Waals surface area (Å²) < 4.78 is 0. The Morgan fingerprint density at radius 1 is 1.25 bits per heavy atom. The van der Waals surface area contributed by atoms with Gasteiger partial charge < -0.3 is 4.98 Å². The number of ketones is 2. The molecule has 5 heteroatoms. The van der Waals surface area contributed by atoms with E-state index >= 15 is 0 Å². The van der Waals surface area contributed by atoms with Crippen molar-refractivity contribution in [1.29, 1.82) is 0 Å². The second-order valence-electron chi connectivity index (χ2n) is 7.36. The molecular formula is C19H23N3O2. The quantitative estimate of drug-likeness (QED) is 0.693. The number of Topliss-reactive ketones (excluding diaryl/α,β-unsaturated/α-hetero) is 2. The van der Waals surface area contributed by atoms with E-state index in [1.807, 2.05) is 38.1 Å². The molecule has 0 aliphatic heterocycles. The lowest BCUT2D eigenvalue weighted by Crippen LogP contribution is -2.41. The zero-order chi connectivity index (χ0) is 17.3. The Kier molecular flexibility index (Phi) is 4.35. The number of carbonyl (C=O) groups excluding carboxylic acids is 2. The van der Waals surface area contributed by atoms with Crippen LogP contribution in [0, 0.1) is 11.3 Å². The lowest BCUT2D eigenvalue weighted by molar-refractivity contribution is -0.136. The number of imidazole rings is 1. The molecule has 1 aromatic carbocycles. The number of hydrogen-bond donors (Lipinski definition) is 1. The van der Waals surface area contributed by atoms with Crippen LogP contribution in [0.5, 0.6) is 0 Å². The number of aromatic amines is 1. The van der Waals surface area contributed by atoms with Crippen molar-refractivity contribution in [2.24, 2.45) is 16.3 Å². The van der Waals surface area contributed by atoms with Crippen LogP contribution in [0.25, 0.3) is 11.0 Å². The maximum Gasteiger partial charge on any atom is 0.149 e. The molecule has 0 bridgehead atoms. The minimum absolute atomic E-state index is 0.00115. The Morgan fingerprint density at radius 2 is 1.92 bits per heavy atom. The van der Waals surface area contributed by atoms with Crippen LogP contribution in [0.3, 0.4) is 0 Å². The van der Waals surface area contributed by atoms with Crippen molar-refractivity contribution in [2.45, 2.75) is 40.0 Å². The molecule has 2 aromatic rings. The van der Waals surface area contributed by atoms with Gasteiger partial charge in [0, 0.05) is 31.5 Å². The molecule has 0 unspecified atom stereocenters. The summed E-state index contributed by atoms with van der Waals surface area (Å²) in [6.45, 7) is 6.24. The first-order valence-corrected chi connectivity index (χ1v) is 8.36. The highest BCUT2D eigenvalue weighted by molar-refractivity contribution is 6.21. The van der Waals surface area contributed by atoms with Crippen LogP contribution in [0.2, 0.25) is 0 Å². The number of H-pyrrole nitrogens is 1. The number of aliphatic imine (C=N–C) groups is 1. The van der Waals surface area contributed by atoms with Crippen LogP contribution < -0.4 is 0 Å². The molecule has 0 saturated heterocycles. The van der Waals surface area contributed by atoms with Crippen LogP contribution in [0.1, 0.15) is 39.4 Å². The van der Waals surface area contributed by atoms with Gasteiger partial charge in [0.1, 0.15) is 23.3 Å². The molecule has 126 valence electrons. The molecule has 1 aromatic heterocycles. The predicted octanol–water partition coefficient (Wildman–Crippen LogP) is 3.14. The first-order chi connectivity index (χ1) is 11.4. The van der Waals surface area contributed by atoms with Gasteiger partial charge in [0.15, 0.2) is 0 Å². The van der Waals surface area contributed by atoms with Gasteiger partial charge in [-0.3, -0.25) is 14.6 Å². The molecule has 1 saturated carbocycles. The number of rotatable bonds is 4. The SMILES string of the molecule is CC(=NCCc1nc2ccccc2[nH]1)C1C(=O)CC(C)(C)CC1=O. The average molecular weight is 325 g/mol. The van der Waals surface area contributed by atoms with Crippen LogP contribution in [0.15, 0.2) is 29.3 Å². The van der Waals surface area contributed by atoms with E-state index < -0.39 is 5.92 Å². The van der Waals surface area contributed by atoms with E-state index in [9.17, 15) is 9.59 Å². The van der Waals surface area contributed by atoms with Gasteiger partial charge in [-0.15, -0.1) is 0 Å². The minimum Gasteiger partial charge on any atom is -0.342 e. The molecule has 24 heavy (non-hydrogen) atoms. The summed E-state index contributed by atoms with van der Waals surface area (Å²) >= 11 is 0. The Labute approximate surface area is 141 Å². The van der Waals surface area contributed by atoms with Crippen molar-refractivity contribution < 1.29 is 9.59 Å². The Balaban J connectivity index is 1.65. The molecule has 1 heterocycles. The molecule has 3 rings (SSSR count). The molecule has 0 spiro atoms. The smallest absolute Gasteiger partial charge is 0.149 e. The number of benzene rings is 1. The maximum atomic E-state index is 12.3. The van der Waals surface area contributed by atoms with E-state index in [1.54, 1.807) is 6.92 Å². The Hall–Kier alpha value is -2.30. The molecule has 0 radical (unpaired) electrons. The molecule has 1 fully saturated rings. The number of hydrogen-bond acceptors (Lipinski definition) is 4. The van der Waals surface area contributed by atoms with E-state index in [0.717, 1.165) is 16.9 Å². The molecule has 0 amide bonds. The number of fused-ring (bicyclic) bond motifs is 1. The fourth-order valence-electron chi connectivity index (χ4n) is 3.41. The highest BCUT2D eigenvalue weighted by atomic mass is 16.2. The molecule has 1 N–H and O–H groups in total. The third-order valence-electron chi connectivity index (χ3n) is 4.52. The van der Waals surface area contributed by atoms with E-state index in [2.05, 4.69) is 15.0 Å². The van der Waals surface area contributed by atoms with Gasteiger partial charge in [0.2, 0.25) is 0 Å². The molecule has 5 nitrogen and oxygen atoms in total. The van der Waals surface area contributed by atoms with Crippen molar-refractivity contribution in [2.75, 3.05) is 6.54 Å². The van der Waals surface area contributed by atoms with Gasteiger partial charge in [-0.25, -0.2) is 4.98 Å². The third kappa shape index (κ3) is 3.45. The third-order valence-corrected chi connectivity index (χ3v) is 4.52. The fraction of sp³-hybridized carbons (Fsp3) is 0.474. The lowest BCUT2D eigenvalue weighted by atomic mass is 9.70. The zero-order valence-electron chi connectivity index (χ0n) is 14.4. The first kappa shape index (κ1) is 16.6. The number of para-hydroxylation sites is 2. The highest BCUT2D eigenvalue weighted by Crippen LogP contribution is 2.34. The van der Waals surface area contributed by atoms with Gasteiger partial charge in [0.05, 0.1) is 11.0 Å². The number of aromatic nitrogens is 2. The summed E-state index contributed by atoms with van der Waals surface area (Å²) in [7, 11) is 0. The fourth-order valence-corrected chi connectivity index (χ4v) is 3.41. The second-order valence-corrected chi connectivity index (χ2v) is 7.36. The predicted molar refractivity (Wildman–Crippen MR) is 94.3 cm³/mol. The normalized spacial score (nSPS) is 19.2. The maximum absolute atomic E-state index is 12.3. The van der Waals surface area contributed by atoms with Crippen molar-refractivity contribution in [3.8, 4) is 0 Å². The van der Waals surface area contributed by atoms with Crippen LogP contribution >= 0.6 is 0 Å². The van der Waals surface area contributed by atoms with Crippen molar-refractivity contribution in [1.82, 2.24) is 9.97 Å². The summed E-state index contributed by atoms with van der Waals surface area (Å²) in [4.78, 5) is 36.8. The Morgan fingerprint density at radius 3 is 2.58 bits per heavy atom. The largest absolute Gasteiger partial charge is 0.342 e. The lowest BCUT2D eigenvalue weighted by Gasteiger charge is -2.31. The summed E-state index contributed by atoms with van der Waals surface area (Å²) in [5.41, 5.74) is 2.36. The van der Waals surface area contributed by atoms with Crippen LogP contribution in [0.4, 0.5) is 0 Å². The molecule has 1 aliphatic carbocycles. The summed E-state index contributed by atoms with van der Waals surface area (Å²) in [6.07, 6.45) is 1.55. The van der Waals surface area contributed by atoms with Gasteiger partial charge in [-0.2, -0.15) is 0 Å². The van der Waals surface area contributed by atoms with Crippen LogP contribution in [-0.4, -0.2) is 33.8 Å². The molecule has 1 aliphatic rings. The van der Waals surface area contributed by atoms with Gasteiger partial charge in [0.25, 0.3) is 0 Å². The number of nitrogens with one attached hydrogen (secondary N) is 1. The minimum atomic E-state index is -0.645. The molecular weight excluding hydrogens is 302 g/mol.